The number of hydrogen-bond acceptors (Lipinski definition) is 7. The lowest BCUT2D eigenvalue weighted by Crippen LogP contribution is -2.44. The fourth-order valence-corrected chi connectivity index (χ4v) is 2.79. The Hall–Kier alpha value is -3.21. The minimum absolute atomic E-state index is 0.0962. The number of H-pyrrole nitrogens is 2. The van der Waals surface area contributed by atoms with E-state index in [-0.39, 0.29) is 17.4 Å². The number of aromatic amines is 2. The SMILES string of the molecule is Cn1ncc(N2CCO[C@H](CCNC(=O)c3cc(=O)[nH]c(=O)[nH]3)C2)cc1=O. The highest BCUT2D eigenvalue weighted by molar-refractivity contribution is 5.91. The zero-order valence-corrected chi connectivity index (χ0v) is 14.7. The number of ether oxygens (including phenoxy) is 1. The summed E-state index contributed by atoms with van der Waals surface area (Å²) in [5.41, 5.74) is -0.924. The van der Waals surface area contributed by atoms with Crippen LogP contribution in [0.1, 0.15) is 16.9 Å². The van der Waals surface area contributed by atoms with E-state index in [2.05, 4.69) is 15.4 Å². The van der Waals surface area contributed by atoms with E-state index in [0.29, 0.717) is 32.7 Å². The van der Waals surface area contributed by atoms with Crippen LogP contribution >= 0.6 is 0 Å². The van der Waals surface area contributed by atoms with Gasteiger partial charge in [-0.3, -0.25) is 19.4 Å². The molecule has 3 rings (SSSR count). The number of rotatable bonds is 5. The molecule has 1 amide bonds. The van der Waals surface area contributed by atoms with Gasteiger partial charge in [0.15, 0.2) is 0 Å². The van der Waals surface area contributed by atoms with Crippen molar-refractivity contribution in [3.63, 3.8) is 0 Å². The van der Waals surface area contributed by atoms with Crippen LogP contribution in [0.15, 0.2) is 32.7 Å². The molecular weight excluding hydrogens is 356 g/mol. The van der Waals surface area contributed by atoms with Gasteiger partial charge in [-0.05, 0) is 6.42 Å². The van der Waals surface area contributed by atoms with Crippen LogP contribution in [0, 0.1) is 0 Å². The van der Waals surface area contributed by atoms with Crippen LogP contribution in [0.3, 0.4) is 0 Å². The molecule has 0 aromatic carbocycles. The predicted octanol–water partition coefficient (Wildman–Crippen LogP) is -1.82. The number of amides is 1. The number of morpholine rings is 1. The zero-order valence-electron chi connectivity index (χ0n) is 14.7. The van der Waals surface area contributed by atoms with E-state index >= 15 is 0 Å². The second-order valence-corrected chi connectivity index (χ2v) is 6.16. The van der Waals surface area contributed by atoms with Gasteiger partial charge in [-0.25, -0.2) is 9.48 Å². The maximum Gasteiger partial charge on any atom is 0.326 e. The van der Waals surface area contributed by atoms with Gasteiger partial charge >= 0.3 is 5.69 Å². The summed E-state index contributed by atoms with van der Waals surface area (Å²) in [7, 11) is 1.59. The van der Waals surface area contributed by atoms with Gasteiger partial charge in [0, 0.05) is 38.8 Å². The topological polar surface area (TPSA) is 142 Å². The van der Waals surface area contributed by atoms with E-state index in [4.69, 9.17) is 4.74 Å². The van der Waals surface area contributed by atoms with Crippen molar-refractivity contribution in [2.75, 3.05) is 31.1 Å². The van der Waals surface area contributed by atoms with Gasteiger partial charge < -0.3 is 19.9 Å². The highest BCUT2D eigenvalue weighted by atomic mass is 16.5. The van der Waals surface area contributed by atoms with Crippen LogP contribution < -0.4 is 27.0 Å². The summed E-state index contributed by atoms with van der Waals surface area (Å²) in [6.45, 7) is 2.01. The summed E-state index contributed by atoms with van der Waals surface area (Å²) in [6.07, 6.45) is 2.03. The molecule has 11 nitrogen and oxygen atoms in total. The third-order valence-corrected chi connectivity index (χ3v) is 4.21. The number of carbonyl (C=O) groups excluding carboxylic acids is 1. The van der Waals surface area contributed by atoms with Crippen LogP contribution in [0.2, 0.25) is 0 Å². The van der Waals surface area contributed by atoms with Gasteiger partial charge in [0.25, 0.3) is 17.0 Å². The fourth-order valence-electron chi connectivity index (χ4n) is 2.79. The van der Waals surface area contributed by atoms with E-state index in [0.717, 1.165) is 11.8 Å². The minimum Gasteiger partial charge on any atom is -0.374 e. The molecule has 3 N–H and O–H groups in total. The van der Waals surface area contributed by atoms with Gasteiger partial charge in [0.2, 0.25) is 0 Å². The first-order valence-corrected chi connectivity index (χ1v) is 8.44. The molecule has 27 heavy (non-hydrogen) atoms. The molecule has 11 heteroatoms. The lowest BCUT2D eigenvalue weighted by atomic mass is 10.2. The minimum atomic E-state index is -0.735. The van der Waals surface area contributed by atoms with Gasteiger partial charge in [-0.2, -0.15) is 5.10 Å². The van der Waals surface area contributed by atoms with Gasteiger partial charge in [-0.15, -0.1) is 0 Å². The number of aryl methyl sites for hydroxylation is 1. The molecule has 1 atom stereocenters. The Labute approximate surface area is 153 Å². The first-order valence-electron chi connectivity index (χ1n) is 8.44. The van der Waals surface area contributed by atoms with Crippen LogP contribution in [-0.4, -0.2) is 58.0 Å². The normalized spacial score (nSPS) is 16.9. The van der Waals surface area contributed by atoms with E-state index in [1.807, 2.05) is 9.88 Å². The van der Waals surface area contributed by atoms with Crippen LogP contribution in [0.5, 0.6) is 0 Å². The molecular formula is C16H20N6O5. The van der Waals surface area contributed by atoms with Gasteiger partial charge in [0.1, 0.15) is 5.69 Å². The van der Waals surface area contributed by atoms with E-state index in [9.17, 15) is 19.2 Å². The predicted molar refractivity (Wildman–Crippen MR) is 96.1 cm³/mol. The highest BCUT2D eigenvalue weighted by Crippen LogP contribution is 2.16. The Bertz CT molecular complexity index is 965. The molecule has 0 bridgehead atoms. The monoisotopic (exact) mass is 376 g/mol. The van der Waals surface area contributed by atoms with E-state index in [1.165, 1.54) is 10.7 Å². The van der Waals surface area contributed by atoms with Crippen molar-refractivity contribution in [1.82, 2.24) is 25.1 Å². The molecule has 2 aromatic heterocycles. The summed E-state index contributed by atoms with van der Waals surface area (Å²) in [4.78, 5) is 52.5. The van der Waals surface area contributed by atoms with Crippen LogP contribution in [0.25, 0.3) is 0 Å². The number of carbonyl (C=O) groups is 1. The summed E-state index contributed by atoms with van der Waals surface area (Å²) >= 11 is 0. The molecule has 3 heterocycles. The maximum absolute atomic E-state index is 12.0. The van der Waals surface area contributed by atoms with Gasteiger partial charge in [0.05, 0.1) is 24.6 Å². The second kappa shape index (κ2) is 7.99. The van der Waals surface area contributed by atoms with Crippen LogP contribution in [-0.2, 0) is 11.8 Å². The van der Waals surface area contributed by atoms with Crippen molar-refractivity contribution < 1.29 is 9.53 Å². The largest absolute Gasteiger partial charge is 0.374 e. The van der Waals surface area contributed by atoms with Crippen LogP contribution in [0.4, 0.5) is 5.69 Å². The molecule has 1 fully saturated rings. The summed E-state index contributed by atoms with van der Waals surface area (Å²) in [5, 5.41) is 6.67. The Morgan fingerprint density at radius 1 is 1.33 bits per heavy atom. The molecule has 1 saturated heterocycles. The quantitative estimate of drug-likeness (QED) is 0.558. The Morgan fingerprint density at radius 2 is 2.15 bits per heavy atom. The molecule has 0 spiro atoms. The average Bonchev–Trinajstić information content (AvgIpc) is 2.63. The smallest absolute Gasteiger partial charge is 0.326 e. The van der Waals surface area contributed by atoms with Crippen molar-refractivity contribution in [2.45, 2.75) is 12.5 Å². The average molecular weight is 376 g/mol. The molecule has 0 saturated carbocycles. The highest BCUT2D eigenvalue weighted by Gasteiger charge is 2.21. The fraction of sp³-hybridized carbons (Fsp3) is 0.438. The Morgan fingerprint density at radius 3 is 2.89 bits per heavy atom. The Kier molecular flexibility index (Phi) is 5.50. The van der Waals surface area contributed by atoms with Crippen molar-refractivity contribution in [3.05, 3.63) is 55.2 Å². The van der Waals surface area contributed by atoms with Crippen molar-refractivity contribution in [2.24, 2.45) is 7.05 Å². The number of anilines is 1. The molecule has 144 valence electrons. The standard InChI is InChI=1S/C16H20N6O5/c1-21-14(24)6-10(8-18-21)22-4-5-27-11(9-22)2-3-17-15(25)12-7-13(23)20-16(26)19-12/h6-8,11H,2-5,9H2,1H3,(H,17,25)(H2,19,20,23,26)/t11-/m1/s1. The van der Waals surface area contributed by atoms with Gasteiger partial charge in [-0.1, -0.05) is 0 Å². The molecule has 1 aliphatic rings. The number of hydrogen-bond donors (Lipinski definition) is 3. The third-order valence-electron chi connectivity index (χ3n) is 4.21. The summed E-state index contributed by atoms with van der Waals surface area (Å²) in [6, 6.07) is 2.55. The molecule has 0 unspecified atom stereocenters. The Balaban J connectivity index is 1.54. The molecule has 0 aliphatic carbocycles. The molecule has 1 aliphatic heterocycles. The summed E-state index contributed by atoms with van der Waals surface area (Å²) in [5.74, 6) is -0.540. The lowest BCUT2D eigenvalue weighted by molar-refractivity contribution is 0.0353. The van der Waals surface area contributed by atoms with Crippen molar-refractivity contribution >= 4 is 11.6 Å². The number of nitrogens with zero attached hydrogens (tertiary/aromatic N) is 3. The first kappa shape index (κ1) is 18.6. The van der Waals surface area contributed by atoms with E-state index in [1.54, 1.807) is 13.2 Å². The van der Waals surface area contributed by atoms with Crippen molar-refractivity contribution in [3.8, 4) is 0 Å². The van der Waals surface area contributed by atoms with Crippen molar-refractivity contribution in [1.29, 1.82) is 0 Å². The number of aromatic nitrogens is 4. The third kappa shape index (κ3) is 4.70. The molecule has 0 radical (unpaired) electrons. The lowest BCUT2D eigenvalue weighted by Gasteiger charge is -2.34. The maximum atomic E-state index is 12.0. The number of nitrogens with one attached hydrogen (secondary N) is 3. The zero-order chi connectivity index (χ0) is 19.4. The second-order valence-electron chi connectivity index (χ2n) is 6.16. The summed E-state index contributed by atoms with van der Waals surface area (Å²) < 4.78 is 6.96. The first-order chi connectivity index (χ1) is 12.9. The molecule has 2 aromatic rings. The van der Waals surface area contributed by atoms with E-state index < -0.39 is 17.2 Å².